The number of nitrogens with zero attached hydrogens (tertiary/aromatic N) is 3. The van der Waals surface area contributed by atoms with E-state index in [1.165, 1.54) is 12.1 Å². The van der Waals surface area contributed by atoms with E-state index in [0.29, 0.717) is 19.0 Å². The second-order valence-electron chi connectivity index (χ2n) is 6.33. The van der Waals surface area contributed by atoms with E-state index in [-0.39, 0.29) is 11.7 Å². The van der Waals surface area contributed by atoms with Gasteiger partial charge in [-0.15, -0.1) is 0 Å². The second kappa shape index (κ2) is 6.11. The van der Waals surface area contributed by atoms with Gasteiger partial charge in [0.1, 0.15) is 5.82 Å². The molecule has 0 saturated carbocycles. The maximum absolute atomic E-state index is 13.3. The Balaban J connectivity index is 1.49. The summed E-state index contributed by atoms with van der Waals surface area (Å²) >= 11 is 0. The molecule has 0 aliphatic carbocycles. The minimum atomic E-state index is -0.276. The number of carbonyl (C=O) groups is 1. The van der Waals surface area contributed by atoms with Crippen LogP contribution in [0.1, 0.15) is 24.4 Å². The van der Waals surface area contributed by atoms with Crippen molar-refractivity contribution in [3.8, 4) is 0 Å². The first kappa shape index (κ1) is 14.9. The Morgan fingerprint density at radius 1 is 1.42 bits per heavy atom. The van der Waals surface area contributed by atoms with Crippen molar-refractivity contribution in [3.05, 3.63) is 54.5 Å². The molecule has 0 radical (unpaired) electrons. The molecule has 124 valence electrons. The number of amides is 1. The lowest BCUT2D eigenvalue weighted by atomic mass is 10.0. The van der Waals surface area contributed by atoms with Gasteiger partial charge in [-0.05, 0) is 36.6 Å². The third-order valence-corrected chi connectivity index (χ3v) is 4.77. The van der Waals surface area contributed by atoms with Gasteiger partial charge in [0.25, 0.3) is 0 Å². The zero-order valence-corrected chi connectivity index (χ0v) is 13.3. The van der Waals surface area contributed by atoms with E-state index in [0.717, 1.165) is 35.9 Å². The highest BCUT2D eigenvalue weighted by molar-refractivity contribution is 5.89. The van der Waals surface area contributed by atoms with Gasteiger partial charge >= 0.3 is 0 Å². The molecule has 1 aromatic carbocycles. The van der Waals surface area contributed by atoms with Gasteiger partial charge in [-0.3, -0.25) is 4.79 Å². The molecule has 4 rings (SSSR count). The maximum atomic E-state index is 13.3. The number of rotatable bonds is 3. The predicted octanol–water partition coefficient (Wildman–Crippen LogP) is 2.91. The zero-order valence-electron chi connectivity index (χ0n) is 13.3. The Kier molecular flexibility index (Phi) is 3.80. The SMILES string of the molecule is O=C(Cc1c[nH]c2cc(F)ccc12)N1CCC[C@H](n2ccnc2)C1. The van der Waals surface area contributed by atoms with Gasteiger partial charge in [0.05, 0.1) is 18.8 Å². The number of imidazole rings is 1. The first-order valence-electron chi connectivity index (χ1n) is 8.21. The van der Waals surface area contributed by atoms with Crippen LogP contribution in [0.4, 0.5) is 4.39 Å². The largest absolute Gasteiger partial charge is 0.361 e. The van der Waals surface area contributed by atoms with Gasteiger partial charge in [0.15, 0.2) is 0 Å². The third kappa shape index (κ3) is 2.79. The predicted molar refractivity (Wildman–Crippen MR) is 89.0 cm³/mol. The molecule has 1 aliphatic rings. The average molecular weight is 326 g/mol. The fourth-order valence-electron chi connectivity index (χ4n) is 3.49. The van der Waals surface area contributed by atoms with Crippen molar-refractivity contribution >= 4 is 16.8 Å². The van der Waals surface area contributed by atoms with Crippen LogP contribution in [0, 0.1) is 5.82 Å². The highest BCUT2D eigenvalue weighted by Gasteiger charge is 2.25. The third-order valence-electron chi connectivity index (χ3n) is 4.77. The summed E-state index contributed by atoms with van der Waals surface area (Å²) in [5.41, 5.74) is 1.65. The molecule has 1 aliphatic heterocycles. The topological polar surface area (TPSA) is 53.9 Å². The van der Waals surface area contributed by atoms with Gasteiger partial charge in [-0.1, -0.05) is 0 Å². The normalized spacial score (nSPS) is 18.2. The Bertz CT molecular complexity index is 855. The Hall–Kier alpha value is -2.63. The second-order valence-corrected chi connectivity index (χ2v) is 6.33. The molecule has 1 fully saturated rings. The summed E-state index contributed by atoms with van der Waals surface area (Å²) in [6.45, 7) is 1.51. The summed E-state index contributed by atoms with van der Waals surface area (Å²) in [5, 5.41) is 0.910. The molecule has 3 aromatic rings. The van der Waals surface area contributed by atoms with E-state index in [9.17, 15) is 9.18 Å². The highest BCUT2D eigenvalue weighted by Crippen LogP contribution is 2.24. The van der Waals surface area contributed by atoms with Crippen LogP contribution in [0.2, 0.25) is 0 Å². The van der Waals surface area contributed by atoms with Crippen LogP contribution >= 0.6 is 0 Å². The van der Waals surface area contributed by atoms with Crippen molar-refractivity contribution in [1.29, 1.82) is 0 Å². The first-order valence-corrected chi connectivity index (χ1v) is 8.21. The minimum Gasteiger partial charge on any atom is -0.361 e. The van der Waals surface area contributed by atoms with Crippen molar-refractivity contribution in [2.45, 2.75) is 25.3 Å². The van der Waals surface area contributed by atoms with Crippen LogP contribution in [-0.4, -0.2) is 38.4 Å². The molecule has 1 N–H and O–H groups in total. The summed E-state index contributed by atoms with van der Waals surface area (Å²) < 4.78 is 15.4. The lowest BCUT2D eigenvalue weighted by Crippen LogP contribution is -2.41. The molecule has 3 heterocycles. The zero-order chi connectivity index (χ0) is 16.5. The molecule has 0 unspecified atom stereocenters. The number of likely N-dealkylation sites (tertiary alicyclic amines) is 1. The van der Waals surface area contributed by atoms with E-state index >= 15 is 0 Å². The number of carbonyl (C=O) groups excluding carboxylic acids is 1. The van der Waals surface area contributed by atoms with Gasteiger partial charge in [-0.2, -0.15) is 0 Å². The fourth-order valence-corrected chi connectivity index (χ4v) is 3.49. The fraction of sp³-hybridized carbons (Fsp3) is 0.333. The number of aromatic amines is 1. The van der Waals surface area contributed by atoms with Crippen LogP contribution in [-0.2, 0) is 11.2 Å². The molecule has 24 heavy (non-hydrogen) atoms. The number of hydrogen-bond acceptors (Lipinski definition) is 2. The van der Waals surface area contributed by atoms with Crippen LogP contribution in [0.25, 0.3) is 10.9 Å². The number of hydrogen-bond donors (Lipinski definition) is 1. The maximum Gasteiger partial charge on any atom is 0.227 e. The van der Waals surface area contributed by atoms with Gasteiger partial charge in [0, 0.05) is 42.6 Å². The monoisotopic (exact) mass is 326 g/mol. The van der Waals surface area contributed by atoms with Gasteiger partial charge < -0.3 is 14.5 Å². The first-order chi connectivity index (χ1) is 11.7. The number of piperidine rings is 1. The van der Waals surface area contributed by atoms with E-state index in [1.54, 1.807) is 18.5 Å². The molecule has 2 aromatic heterocycles. The molecule has 1 amide bonds. The van der Waals surface area contributed by atoms with Crippen molar-refractivity contribution in [2.75, 3.05) is 13.1 Å². The van der Waals surface area contributed by atoms with Gasteiger partial charge in [-0.25, -0.2) is 9.37 Å². The number of nitrogens with one attached hydrogen (secondary N) is 1. The average Bonchev–Trinajstić information content (AvgIpc) is 3.25. The summed E-state index contributed by atoms with van der Waals surface area (Å²) in [5.74, 6) is -0.161. The molecule has 5 nitrogen and oxygen atoms in total. The Morgan fingerprint density at radius 2 is 2.33 bits per heavy atom. The molecule has 6 heteroatoms. The van der Waals surface area contributed by atoms with Crippen molar-refractivity contribution in [1.82, 2.24) is 19.4 Å². The molecular weight excluding hydrogens is 307 g/mol. The van der Waals surface area contributed by atoms with E-state index in [1.807, 2.05) is 17.4 Å². The van der Waals surface area contributed by atoms with Crippen LogP contribution in [0.3, 0.4) is 0 Å². The number of aromatic nitrogens is 3. The smallest absolute Gasteiger partial charge is 0.227 e. The Morgan fingerprint density at radius 3 is 3.17 bits per heavy atom. The minimum absolute atomic E-state index is 0.116. The molecule has 1 saturated heterocycles. The lowest BCUT2D eigenvalue weighted by molar-refractivity contribution is -0.132. The highest BCUT2D eigenvalue weighted by atomic mass is 19.1. The Labute approximate surface area is 139 Å². The van der Waals surface area contributed by atoms with Gasteiger partial charge in [0.2, 0.25) is 5.91 Å². The number of halogens is 1. The summed E-state index contributed by atoms with van der Waals surface area (Å²) in [6, 6.07) is 4.91. The van der Waals surface area contributed by atoms with Crippen molar-refractivity contribution in [2.24, 2.45) is 0 Å². The summed E-state index contributed by atoms with van der Waals surface area (Å²) in [7, 11) is 0. The van der Waals surface area contributed by atoms with Crippen molar-refractivity contribution in [3.63, 3.8) is 0 Å². The van der Waals surface area contributed by atoms with E-state index in [2.05, 4.69) is 14.5 Å². The van der Waals surface area contributed by atoms with Crippen molar-refractivity contribution < 1.29 is 9.18 Å². The lowest BCUT2D eigenvalue weighted by Gasteiger charge is -2.33. The van der Waals surface area contributed by atoms with Crippen LogP contribution < -0.4 is 0 Å². The van der Waals surface area contributed by atoms with E-state index < -0.39 is 0 Å². The standard InChI is InChI=1S/C18H19FN4O/c19-14-3-4-16-13(10-21-17(16)9-14)8-18(24)22-6-1-2-15(11-22)23-7-5-20-12-23/h3-5,7,9-10,12,15,21H,1-2,6,8,11H2/t15-/m0/s1. The molecule has 0 bridgehead atoms. The molecular formula is C18H19FN4O. The summed E-state index contributed by atoms with van der Waals surface area (Å²) in [4.78, 5) is 21.8. The van der Waals surface area contributed by atoms with Crippen LogP contribution in [0.15, 0.2) is 43.1 Å². The number of benzene rings is 1. The molecule has 0 spiro atoms. The number of H-pyrrole nitrogens is 1. The quantitative estimate of drug-likeness (QED) is 0.804. The molecule has 1 atom stereocenters. The van der Waals surface area contributed by atoms with E-state index in [4.69, 9.17) is 0 Å². The summed E-state index contributed by atoms with van der Waals surface area (Å²) in [6.07, 6.45) is 9.73. The van der Waals surface area contributed by atoms with Crippen LogP contribution in [0.5, 0.6) is 0 Å². The number of fused-ring (bicyclic) bond motifs is 1.